The highest BCUT2D eigenvalue weighted by molar-refractivity contribution is 5.85. The van der Waals surface area contributed by atoms with E-state index in [4.69, 9.17) is 5.11 Å². The zero-order valence-corrected chi connectivity index (χ0v) is 8.69. The van der Waals surface area contributed by atoms with Gasteiger partial charge in [0.2, 0.25) is 5.95 Å². The van der Waals surface area contributed by atoms with Gasteiger partial charge in [-0.3, -0.25) is 0 Å². The van der Waals surface area contributed by atoms with Crippen LogP contribution in [-0.2, 0) is 0 Å². The minimum absolute atomic E-state index is 0.00954. The Kier molecular flexibility index (Phi) is 3.79. The number of aromatic carboxylic acids is 1. The van der Waals surface area contributed by atoms with E-state index in [1.807, 2.05) is 19.9 Å². The number of carbonyl (C=O) groups is 1. The molecule has 1 rings (SSSR count). The first-order valence-corrected chi connectivity index (χ1v) is 4.53. The van der Waals surface area contributed by atoms with Crippen molar-refractivity contribution in [3.05, 3.63) is 29.6 Å². The molecule has 0 radical (unpaired) electrons. The number of nitrogens with zero attached hydrogens (tertiary/aromatic N) is 2. The maximum absolute atomic E-state index is 10.6. The molecule has 5 nitrogen and oxygen atoms in total. The highest BCUT2D eigenvalue weighted by atomic mass is 16.4. The van der Waals surface area contributed by atoms with E-state index in [0.717, 1.165) is 0 Å². The third kappa shape index (κ3) is 3.76. The molecule has 0 aliphatic carbocycles. The van der Waals surface area contributed by atoms with Gasteiger partial charge in [-0.15, -0.1) is 0 Å². The fourth-order valence-corrected chi connectivity index (χ4v) is 0.909. The first-order valence-electron chi connectivity index (χ1n) is 4.53. The van der Waals surface area contributed by atoms with Crippen LogP contribution in [0.2, 0.25) is 0 Å². The van der Waals surface area contributed by atoms with Crippen LogP contribution in [0.5, 0.6) is 0 Å². The molecule has 0 aliphatic rings. The van der Waals surface area contributed by atoms with Gasteiger partial charge in [0.05, 0.1) is 0 Å². The first kappa shape index (κ1) is 11.2. The molecule has 80 valence electrons. The molecule has 0 amide bonds. The summed E-state index contributed by atoms with van der Waals surface area (Å²) in [5.41, 5.74) is 1.17. The van der Waals surface area contributed by atoms with Crippen LogP contribution in [0.3, 0.4) is 0 Å². The van der Waals surface area contributed by atoms with Gasteiger partial charge in [0.15, 0.2) is 5.69 Å². The maximum atomic E-state index is 10.6. The summed E-state index contributed by atoms with van der Waals surface area (Å²) in [5, 5.41) is 11.6. The summed E-state index contributed by atoms with van der Waals surface area (Å²) in [6.45, 7) is 4.55. The van der Waals surface area contributed by atoms with Gasteiger partial charge in [0.1, 0.15) is 0 Å². The third-order valence-corrected chi connectivity index (χ3v) is 1.65. The predicted molar refractivity (Wildman–Crippen MR) is 56.9 cm³/mol. The lowest BCUT2D eigenvalue weighted by Gasteiger charge is -2.01. The Bertz CT molecular complexity index is 384. The largest absolute Gasteiger partial charge is 0.477 e. The van der Waals surface area contributed by atoms with Gasteiger partial charge in [0, 0.05) is 12.7 Å². The second-order valence-corrected chi connectivity index (χ2v) is 3.23. The number of allylic oxidation sites excluding steroid dienone is 1. The Labute approximate surface area is 87.9 Å². The van der Waals surface area contributed by atoms with Crippen molar-refractivity contribution in [2.45, 2.75) is 13.8 Å². The van der Waals surface area contributed by atoms with E-state index in [1.165, 1.54) is 17.8 Å². The van der Waals surface area contributed by atoms with Crippen LogP contribution in [0.15, 0.2) is 23.9 Å². The van der Waals surface area contributed by atoms with Crippen molar-refractivity contribution in [2.24, 2.45) is 0 Å². The monoisotopic (exact) mass is 207 g/mol. The fourth-order valence-electron chi connectivity index (χ4n) is 0.909. The van der Waals surface area contributed by atoms with Crippen LogP contribution >= 0.6 is 0 Å². The van der Waals surface area contributed by atoms with E-state index in [1.54, 1.807) is 0 Å². The molecule has 1 aromatic rings. The molecule has 0 bridgehead atoms. The van der Waals surface area contributed by atoms with Crippen LogP contribution in [0.1, 0.15) is 24.3 Å². The number of aromatic nitrogens is 2. The van der Waals surface area contributed by atoms with E-state index in [2.05, 4.69) is 15.3 Å². The average molecular weight is 207 g/mol. The summed E-state index contributed by atoms with van der Waals surface area (Å²) in [6.07, 6.45) is 3.39. The quantitative estimate of drug-likeness (QED) is 0.733. The minimum Gasteiger partial charge on any atom is -0.477 e. The Morgan fingerprint density at radius 2 is 2.33 bits per heavy atom. The summed E-state index contributed by atoms with van der Waals surface area (Å²) in [6, 6.07) is 1.36. The molecule has 0 atom stereocenters. The number of carboxylic acids is 1. The Morgan fingerprint density at radius 3 is 2.93 bits per heavy atom. The summed E-state index contributed by atoms with van der Waals surface area (Å²) >= 11 is 0. The molecular formula is C10H13N3O2. The second kappa shape index (κ2) is 5.09. The van der Waals surface area contributed by atoms with Crippen molar-refractivity contribution in [3.8, 4) is 0 Å². The minimum atomic E-state index is -1.05. The smallest absolute Gasteiger partial charge is 0.354 e. The van der Waals surface area contributed by atoms with Crippen LogP contribution in [0, 0.1) is 0 Å². The molecule has 0 saturated carbocycles. The van der Waals surface area contributed by atoms with Crippen LogP contribution in [0.4, 0.5) is 5.95 Å². The highest BCUT2D eigenvalue weighted by Crippen LogP contribution is 2.00. The zero-order chi connectivity index (χ0) is 11.3. The molecule has 5 heteroatoms. The summed E-state index contributed by atoms with van der Waals surface area (Å²) in [5.74, 6) is -0.727. The topological polar surface area (TPSA) is 75.1 Å². The molecule has 1 aromatic heterocycles. The molecular weight excluding hydrogens is 194 g/mol. The van der Waals surface area contributed by atoms with Gasteiger partial charge in [-0.05, 0) is 19.9 Å². The zero-order valence-electron chi connectivity index (χ0n) is 8.69. The number of anilines is 1. The molecule has 0 fully saturated rings. The average Bonchev–Trinajstić information content (AvgIpc) is 2.17. The number of nitrogens with one attached hydrogen (secondary N) is 1. The molecule has 1 heterocycles. The normalized spacial score (nSPS) is 9.47. The predicted octanol–water partition coefficient (Wildman–Crippen LogP) is 1.55. The molecule has 0 saturated heterocycles. The molecule has 2 N–H and O–H groups in total. The fraction of sp³-hybridized carbons (Fsp3) is 0.300. The second-order valence-electron chi connectivity index (χ2n) is 3.23. The maximum Gasteiger partial charge on any atom is 0.354 e. The van der Waals surface area contributed by atoms with Crippen molar-refractivity contribution in [1.29, 1.82) is 0 Å². The third-order valence-electron chi connectivity index (χ3n) is 1.65. The number of hydrogen-bond acceptors (Lipinski definition) is 4. The number of hydrogen-bond donors (Lipinski definition) is 2. The van der Waals surface area contributed by atoms with Crippen molar-refractivity contribution < 1.29 is 9.90 Å². The van der Waals surface area contributed by atoms with Crippen LogP contribution < -0.4 is 5.32 Å². The standard InChI is InChI=1S/C10H13N3O2/c1-7(2)3-5-11-10-12-6-4-8(13-10)9(14)15/h3-4,6H,5H2,1-2H3,(H,14,15)(H,11,12,13). The van der Waals surface area contributed by atoms with Gasteiger partial charge in [-0.1, -0.05) is 11.6 Å². The van der Waals surface area contributed by atoms with Crippen molar-refractivity contribution in [1.82, 2.24) is 9.97 Å². The van der Waals surface area contributed by atoms with Crippen molar-refractivity contribution in [3.63, 3.8) is 0 Å². The molecule has 15 heavy (non-hydrogen) atoms. The Morgan fingerprint density at radius 1 is 1.60 bits per heavy atom. The van der Waals surface area contributed by atoms with Crippen molar-refractivity contribution >= 4 is 11.9 Å². The van der Waals surface area contributed by atoms with E-state index in [0.29, 0.717) is 12.5 Å². The van der Waals surface area contributed by atoms with Gasteiger partial charge in [-0.25, -0.2) is 14.8 Å². The van der Waals surface area contributed by atoms with Crippen LogP contribution in [0.25, 0.3) is 0 Å². The van der Waals surface area contributed by atoms with Crippen LogP contribution in [-0.4, -0.2) is 27.6 Å². The summed E-state index contributed by atoms with van der Waals surface area (Å²) < 4.78 is 0. The Balaban J connectivity index is 2.66. The lowest BCUT2D eigenvalue weighted by molar-refractivity contribution is 0.0690. The molecule has 0 aliphatic heterocycles. The SMILES string of the molecule is CC(C)=CCNc1nccc(C(=O)O)n1. The Hall–Kier alpha value is -1.91. The number of rotatable bonds is 4. The lowest BCUT2D eigenvalue weighted by Crippen LogP contribution is -2.07. The lowest BCUT2D eigenvalue weighted by atomic mass is 10.3. The first-order chi connectivity index (χ1) is 7.09. The van der Waals surface area contributed by atoms with E-state index in [9.17, 15) is 4.79 Å². The van der Waals surface area contributed by atoms with E-state index >= 15 is 0 Å². The van der Waals surface area contributed by atoms with Gasteiger partial charge in [-0.2, -0.15) is 0 Å². The molecule has 0 unspecified atom stereocenters. The highest BCUT2D eigenvalue weighted by Gasteiger charge is 2.04. The van der Waals surface area contributed by atoms with Crippen molar-refractivity contribution in [2.75, 3.05) is 11.9 Å². The van der Waals surface area contributed by atoms with Gasteiger partial charge in [0.25, 0.3) is 0 Å². The van der Waals surface area contributed by atoms with E-state index in [-0.39, 0.29) is 5.69 Å². The summed E-state index contributed by atoms with van der Waals surface area (Å²) in [7, 11) is 0. The van der Waals surface area contributed by atoms with Gasteiger partial charge >= 0.3 is 5.97 Å². The molecule has 0 spiro atoms. The molecule has 0 aromatic carbocycles. The number of carboxylic acid groups (broad SMARTS) is 1. The van der Waals surface area contributed by atoms with E-state index < -0.39 is 5.97 Å². The van der Waals surface area contributed by atoms with Gasteiger partial charge < -0.3 is 10.4 Å². The summed E-state index contributed by atoms with van der Waals surface area (Å²) in [4.78, 5) is 18.3.